The fourth-order valence-corrected chi connectivity index (χ4v) is 7.97. The van der Waals surface area contributed by atoms with Crippen molar-refractivity contribution in [1.29, 1.82) is 0 Å². The van der Waals surface area contributed by atoms with E-state index in [1.807, 2.05) is 4.90 Å². The number of urea groups is 1. The summed E-state index contributed by atoms with van der Waals surface area (Å²) in [5.74, 6) is 0.945. The maximum absolute atomic E-state index is 13.5. The van der Waals surface area contributed by atoms with Gasteiger partial charge in [0.15, 0.2) is 0 Å². The molecule has 202 valence electrons. The van der Waals surface area contributed by atoms with Crippen molar-refractivity contribution in [3.05, 3.63) is 29.8 Å². The van der Waals surface area contributed by atoms with Crippen LogP contribution >= 0.6 is 0 Å². The lowest BCUT2D eigenvalue weighted by Gasteiger charge is -2.41. The van der Waals surface area contributed by atoms with Gasteiger partial charge < -0.3 is 25.1 Å². The van der Waals surface area contributed by atoms with Gasteiger partial charge in [-0.25, -0.2) is 4.79 Å². The molecule has 1 aromatic carbocycles. The Balaban J connectivity index is 1.03. The predicted molar refractivity (Wildman–Crippen MR) is 131 cm³/mol. The van der Waals surface area contributed by atoms with E-state index in [0.29, 0.717) is 50.9 Å². The van der Waals surface area contributed by atoms with Crippen molar-refractivity contribution in [3.63, 3.8) is 0 Å². The molecule has 2 N–H and O–H groups in total. The molecule has 7 rings (SSSR count). The molecule has 4 saturated carbocycles. The third-order valence-corrected chi connectivity index (χ3v) is 9.68. The fourth-order valence-electron chi connectivity index (χ4n) is 7.97. The van der Waals surface area contributed by atoms with Crippen LogP contribution in [-0.2, 0) is 11.0 Å². The molecule has 10 heteroatoms. The second-order valence-corrected chi connectivity index (χ2v) is 11.8. The van der Waals surface area contributed by atoms with Gasteiger partial charge in [0.1, 0.15) is 0 Å². The Labute approximate surface area is 215 Å². The average Bonchev–Trinajstić information content (AvgIpc) is 3.27. The molecule has 1 aromatic rings. The van der Waals surface area contributed by atoms with E-state index in [-0.39, 0.29) is 35.9 Å². The summed E-state index contributed by atoms with van der Waals surface area (Å²) in [5, 5.41) is 13.9. The Bertz CT molecular complexity index is 1060. The van der Waals surface area contributed by atoms with Gasteiger partial charge in [-0.05, 0) is 74.5 Å². The van der Waals surface area contributed by atoms with Crippen molar-refractivity contribution in [2.75, 3.05) is 44.2 Å². The zero-order valence-electron chi connectivity index (χ0n) is 20.9. The van der Waals surface area contributed by atoms with Crippen LogP contribution in [0.25, 0.3) is 0 Å². The van der Waals surface area contributed by atoms with E-state index in [4.69, 9.17) is 0 Å². The van der Waals surface area contributed by atoms with Gasteiger partial charge in [0.25, 0.3) is 0 Å². The number of halogens is 3. The van der Waals surface area contributed by atoms with Gasteiger partial charge >= 0.3 is 12.2 Å². The number of benzene rings is 1. The number of hydrogen-bond acceptors (Lipinski definition) is 4. The highest BCUT2D eigenvalue weighted by Gasteiger charge is 2.65. The molecule has 6 fully saturated rings. The molecule has 37 heavy (non-hydrogen) atoms. The molecule has 0 aromatic heterocycles. The molecule has 2 saturated heterocycles. The summed E-state index contributed by atoms with van der Waals surface area (Å²) >= 11 is 0. The lowest BCUT2D eigenvalue weighted by Crippen LogP contribution is -2.58. The van der Waals surface area contributed by atoms with Crippen molar-refractivity contribution < 1.29 is 27.9 Å². The Morgan fingerprint density at radius 3 is 2.57 bits per heavy atom. The maximum Gasteiger partial charge on any atom is 0.416 e. The van der Waals surface area contributed by atoms with Gasteiger partial charge in [-0.3, -0.25) is 4.79 Å². The highest BCUT2D eigenvalue weighted by atomic mass is 19.4. The number of piperazine rings is 1. The van der Waals surface area contributed by atoms with Crippen LogP contribution < -0.4 is 10.2 Å². The van der Waals surface area contributed by atoms with E-state index < -0.39 is 17.2 Å². The first-order valence-electron chi connectivity index (χ1n) is 13.6. The molecular formula is C27H35F3N4O3. The van der Waals surface area contributed by atoms with Crippen LogP contribution in [0.15, 0.2) is 24.3 Å². The minimum Gasteiger partial charge on any atom is -0.393 e. The predicted octanol–water partition coefficient (Wildman–Crippen LogP) is 3.33. The number of hydrogen-bond donors (Lipinski definition) is 2. The summed E-state index contributed by atoms with van der Waals surface area (Å²) in [6.45, 7) is 2.91. The van der Waals surface area contributed by atoms with E-state index in [0.717, 1.165) is 50.7 Å². The molecule has 4 aliphatic carbocycles. The van der Waals surface area contributed by atoms with Crippen molar-refractivity contribution in [1.82, 2.24) is 15.1 Å². The smallest absolute Gasteiger partial charge is 0.393 e. The lowest BCUT2D eigenvalue weighted by molar-refractivity contribution is -0.137. The van der Waals surface area contributed by atoms with E-state index in [2.05, 4.69) is 5.32 Å². The van der Waals surface area contributed by atoms with Crippen LogP contribution in [0.5, 0.6) is 0 Å². The SMILES string of the molecule is O=C(N1CCN(c2cccc(C(F)(F)F)c2)CC1)N1CCC[C@H](NC(=O)C23CC4CC(C2)C(O)C3C4)C1. The standard InChI is InChI=1S/C27H35F3N4O3/c28-27(29,30)19-3-1-5-21(13-19)32-7-9-33(10-8-32)25(37)34-6-2-4-20(16-34)31-24(36)26-14-17-11-18(15-26)23(35)22(26)12-17/h1,3,5,13,17-18,20,22-23,35H,2,4,6-12,14-16H2,(H,31,36)/t17?,18?,20-,22?,23?,26?/m0/s1. The highest BCUT2D eigenvalue weighted by Crippen LogP contribution is 2.65. The molecular weight excluding hydrogens is 485 g/mol. The summed E-state index contributed by atoms with van der Waals surface area (Å²) in [4.78, 5) is 32.2. The monoisotopic (exact) mass is 520 g/mol. The highest BCUT2D eigenvalue weighted by molar-refractivity contribution is 5.85. The minimum absolute atomic E-state index is 0.0650. The second kappa shape index (κ2) is 9.06. The number of aliphatic hydroxyl groups excluding tert-OH is 1. The number of rotatable bonds is 3. The first-order chi connectivity index (χ1) is 17.6. The first-order valence-corrected chi connectivity index (χ1v) is 13.6. The van der Waals surface area contributed by atoms with Crippen LogP contribution in [0.2, 0.25) is 0 Å². The summed E-state index contributed by atoms with van der Waals surface area (Å²) in [5.41, 5.74) is -0.585. The molecule has 5 unspecified atom stereocenters. The molecule has 3 amide bonds. The quantitative estimate of drug-likeness (QED) is 0.641. The number of alkyl halides is 3. The van der Waals surface area contributed by atoms with E-state index in [9.17, 15) is 27.9 Å². The van der Waals surface area contributed by atoms with Gasteiger partial charge in [-0.2, -0.15) is 13.2 Å². The Kier molecular flexibility index (Phi) is 6.08. The van der Waals surface area contributed by atoms with Crippen molar-refractivity contribution in [3.8, 4) is 0 Å². The first kappa shape index (κ1) is 24.8. The van der Waals surface area contributed by atoms with Crippen LogP contribution in [0.1, 0.15) is 44.1 Å². The van der Waals surface area contributed by atoms with E-state index in [1.165, 1.54) is 6.07 Å². The van der Waals surface area contributed by atoms with Gasteiger partial charge in [-0.15, -0.1) is 0 Å². The molecule has 6 aliphatic rings. The van der Waals surface area contributed by atoms with E-state index in [1.54, 1.807) is 15.9 Å². The van der Waals surface area contributed by atoms with Crippen molar-refractivity contribution in [2.24, 2.45) is 23.2 Å². The number of carbonyl (C=O) groups excluding carboxylic acids is 2. The number of amides is 3. The number of anilines is 1. The fraction of sp³-hybridized carbons (Fsp3) is 0.704. The summed E-state index contributed by atoms with van der Waals surface area (Å²) in [6, 6.07) is 5.15. The summed E-state index contributed by atoms with van der Waals surface area (Å²) in [6.07, 6.45) is 0.551. The Hall–Kier alpha value is -2.49. The number of nitrogens with zero attached hydrogens (tertiary/aromatic N) is 3. The van der Waals surface area contributed by atoms with Crippen molar-refractivity contribution in [2.45, 2.75) is 56.8 Å². The third-order valence-electron chi connectivity index (χ3n) is 9.68. The molecule has 7 nitrogen and oxygen atoms in total. The average molecular weight is 521 g/mol. The number of carbonyl (C=O) groups is 2. The minimum atomic E-state index is -4.38. The van der Waals surface area contributed by atoms with Crippen LogP contribution in [0.3, 0.4) is 0 Å². The lowest BCUT2D eigenvalue weighted by atomic mass is 9.74. The number of aliphatic hydroxyl groups is 1. The Morgan fingerprint density at radius 1 is 1.03 bits per heavy atom. The summed E-state index contributed by atoms with van der Waals surface area (Å²) < 4.78 is 39.3. The van der Waals surface area contributed by atoms with Gasteiger partial charge in [-0.1, -0.05) is 6.07 Å². The van der Waals surface area contributed by atoms with Crippen molar-refractivity contribution >= 4 is 17.6 Å². The van der Waals surface area contributed by atoms with Gasteiger partial charge in [0.2, 0.25) is 5.91 Å². The number of nitrogens with one attached hydrogen (secondary N) is 1. The normalized spacial score (nSPS) is 35.2. The number of likely N-dealkylation sites (tertiary alicyclic amines) is 1. The molecule has 2 heterocycles. The topological polar surface area (TPSA) is 76.1 Å². The Morgan fingerprint density at radius 2 is 1.81 bits per heavy atom. The van der Waals surface area contributed by atoms with Gasteiger partial charge in [0, 0.05) is 51.0 Å². The molecule has 4 bridgehead atoms. The molecule has 6 atom stereocenters. The molecule has 2 aliphatic heterocycles. The van der Waals surface area contributed by atoms with Crippen LogP contribution in [0.4, 0.5) is 23.7 Å². The maximum atomic E-state index is 13.5. The third kappa shape index (κ3) is 4.34. The summed E-state index contributed by atoms with van der Waals surface area (Å²) in [7, 11) is 0. The largest absolute Gasteiger partial charge is 0.416 e. The van der Waals surface area contributed by atoms with E-state index >= 15 is 0 Å². The molecule has 0 spiro atoms. The zero-order valence-corrected chi connectivity index (χ0v) is 20.9. The molecule has 0 radical (unpaired) electrons. The van der Waals surface area contributed by atoms with Gasteiger partial charge in [0.05, 0.1) is 17.1 Å². The van der Waals surface area contributed by atoms with Crippen LogP contribution in [0, 0.1) is 23.2 Å². The number of piperidine rings is 1. The second-order valence-electron chi connectivity index (χ2n) is 11.8. The zero-order chi connectivity index (χ0) is 25.9. The van der Waals surface area contributed by atoms with Crippen LogP contribution in [-0.4, -0.2) is 78.3 Å².